The maximum atomic E-state index is 13.1. The molecule has 0 amide bonds. The van der Waals surface area contributed by atoms with Gasteiger partial charge in [-0.05, 0) is 37.1 Å². The average molecular weight is 221 g/mol. The number of halogens is 1. The molecule has 1 aromatic carbocycles. The molecule has 0 aliphatic heterocycles. The standard InChI is InChI=1S/C12H12FNO2/c1-3-16-12(15)6-9-5-10(13)4-8(2)11(9)7-14/h4-5H,3,6H2,1-2H3. The third kappa shape index (κ3) is 2.80. The Morgan fingerprint density at radius 1 is 1.56 bits per heavy atom. The van der Waals surface area contributed by atoms with Crippen LogP contribution in [0.15, 0.2) is 12.1 Å². The number of hydrogen-bond acceptors (Lipinski definition) is 3. The zero-order chi connectivity index (χ0) is 12.1. The largest absolute Gasteiger partial charge is 0.466 e. The summed E-state index contributed by atoms with van der Waals surface area (Å²) in [6, 6.07) is 4.43. The number of rotatable bonds is 3. The van der Waals surface area contributed by atoms with E-state index >= 15 is 0 Å². The van der Waals surface area contributed by atoms with Crippen LogP contribution in [0, 0.1) is 24.1 Å². The molecule has 0 aromatic heterocycles. The zero-order valence-corrected chi connectivity index (χ0v) is 9.21. The van der Waals surface area contributed by atoms with Gasteiger partial charge in [-0.2, -0.15) is 5.26 Å². The van der Waals surface area contributed by atoms with Crippen LogP contribution >= 0.6 is 0 Å². The Morgan fingerprint density at radius 2 is 2.25 bits per heavy atom. The SMILES string of the molecule is CCOC(=O)Cc1cc(F)cc(C)c1C#N. The highest BCUT2D eigenvalue weighted by Gasteiger charge is 2.12. The molecule has 16 heavy (non-hydrogen) atoms. The highest BCUT2D eigenvalue weighted by atomic mass is 19.1. The summed E-state index contributed by atoms with van der Waals surface area (Å²) in [5, 5.41) is 8.91. The van der Waals surface area contributed by atoms with Crippen LogP contribution in [0.25, 0.3) is 0 Å². The Kier molecular flexibility index (Phi) is 4.01. The number of esters is 1. The van der Waals surface area contributed by atoms with E-state index in [1.165, 1.54) is 12.1 Å². The predicted molar refractivity (Wildman–Crippen MR) is 56.2 cm³/mol. The molecule has 0 aliphatic carbocycles. The van der Waals surface area contributed by atoms with Crippen LogP contribution in [0.4, 0.5) is 4.39 Å². The van der Waals surface area contributed by atoms with Gasteiger partial charge >= 0.3 is 5.97 Å². The molecule has 84 valence electrons. The van der Waals surface area contributed by atoms with Crippen molar-refractivity contribution in [3.63, 3.8) is 0 Å². The predicted octanol–water partition coefficient (Wildman–Crippen LogP) is 2.11. The number of benzene rings is 1. The minimum Gasteiger partial charge on any atom is -0.466 e. The van der Waals surface area contributed by atoms with Crippen LogP contribution in [-0.4, -0.2) is 12.6 Å². The number of nitriles is 1. The lowest BCUT2D eigenvalue weighted by molar-refractivity contribution is -0.142. The molecule has 0 N–H and O–H groups in total. The Bertz CT molecular complexity index is 449. The number of carbonyl (C=O) groups is 1. The van der Waals surface area contributed by atoms with Gasteiger partial charge in [-0.25, -0.2) is 4.39 Å². The molecule has 0 bridgehead atoms. The van der Waals surface area contributed by atoms with Gasteiger partial charge in [0.2, 0.25) is 0 Å². The van der Waals surface area contributed by atoms with Crippen molar-refractivity contribution >= 4 is 5.97 Å². The van der Waals surface area contributed by atoms with E-state index in [1.54, 1.807) is 13.8 Å². The van der Waals surface area contributed by atoms with Gasteiger partial charge in [0.1, 0.15) is 5.82 Å². The van der Waals surface area contributed by atoms with Crippen molar-refractivity contribution in [3.8, 4) is 6.07 Å². The first-order chi connectivity index (χ1) is 7.58. The molecule has 1 rings (SSSR count). The molecule has 1 aromatic rings. The van der Waals surface area contributed by atoms with Crippen molar-refractivity contribution in [1.82, 2.24) is 0 Å². The minimum atomic E-state index is -0.455. The summed E-state index contributed by atoms with van der Waals surface area (Å²) in [5.74, 6) is -0.903. The molecule has 0 fully saturated rings. The van der Waals surface area contributed by atoms with E-state index in [1.807, 2.05) is 6.07 Å². The molecule has 0 atom stereocenters. The van der Waals surface area contributed by atoms with Crippen molar-refractivity contribution < 1.29 is 13.9 Å². The maximum absolute atomic E-state index is 13.1. The highest BCUT2D eigenvalue weighted by Crippen LogP contribution is 2.16. The number of nitrogens with zero attached hydrogens (tertiary/aromatic N) is 1. The smallest absolute Gasteiger partial charge is 0.310 e. The summed E-state index contributed by atoms with van der Waals surface area (Å²) in [7, 11) is 0. The van der Waals surface area contributed by atoms with Gasteiger partial charge < -0.3 is 4.74 Å². The number of hydrogen-bond donors (Lipinski definition) is 0. The lowest BCUT2D eigenvalue weighted by atomic mass is 10.0. The molecule has 0 aliphatic rings. The summed E-state index contributed by atoms with van der Waals surface area (Å²) < 4.78 is 17.9. The van der Waals surface area contributed by atoms with Crippen LogP contribution < -0.4 is 0 Å². The lowest BCUT2D eigenvalue weighted by Crippen LogP contribution is -2.09. The Hall–Kier alpha value is -1.89. The number of carbonyl (C=O) groups excluding carboxylic acids is 1. The van der Waals surface area contributed by atoms with E-state index in [9.17, 15) is 9.18 Å². The Labute approximate surface area is 93.5 Å². The first kappa shape index (κ1) is 12.2. The van der Waals surface area contributed by atoms with E-state index in [2.05, 4.69) is 0 Å². The fourth-order valence-electron chi connectivity index (χ4n) is 1.48. The van der Waals surface area contributed by atoms with E-state index < -0.39 is 11.8 Å². The zero-order valence-electron chi connectivity index (χ0n) is 9.21. The second-order valence-corrected chi connectivity index (χ2v) is 3.35. The molecule has 3 nitrogen and oxygen atoms in total. The molecule has 0 saturated carbocycles. The normalized spacial score (nSPS) is 9.62. The topological polar surface area (TPSA) is 50.1 Å². The Balaban J connectivity index is 3.04. The fourth-order valence-corrected chi connectivity index (χ4v) is 1.48. The van der Waals surface area contributed by atoms with E-state index in [4.69, 9.17) is 10.00 Å². The van der Waals surface area contributed by atoms with Gasteiger partial charge in [-0.3, -0.25) is 4.79 Å². The molecular formula is C12H12FNO2. The summed E-state index contributed by atoms with van der Waals surface area (Å²) in [6.45, 7) is 3.60. The minimum absolute atomic E-state index is 0.0741. The second-order valence-electron chi connectivity index (χ2n) is 3.35. The summed E-state index contributed by atoms with van der Waals surface area (Å²) in [4.78, 5) is 11.2. The molecule has 0 heterocycles. The van der Waals surface area contributed by atoms with Crippen molar-refractivity contribution in [3.05, 3.63) is 34.6 Å². The Morgan fingerprint density at radius 3 is 2.81 bits per heavy atom. The first-order valence-electron chi connectivity index (χ1n) is 4.93. The van der Waals surface area contributed by atoms with E-state index in [0.29, 0.717) is 16.7 Å². The van der Waals surface area contributed by atoms with Crippen molar-refractivity contribution in [1.29, 1.82) is 5.26 Å². The summed E-state index contributed by atoms with van der Waals surface area (Å²) >= 11 is 0. The van der Waals surface area contributed by atoms with Crippen LogP contribution in [0.2, 0.25) is 0 Å². The van der Waals surface area contributed by atoms with Gasteiger partial charge in [-0.1, -0.05) is 0 Å². The summed E-state index contributed by atoms with van der Waals surface area (Å²) in [5.41, 5.74) is 1.25. The number of aryl methyl sites for hydroxylation is 1. The lowest BCUT2D eigenvalue weighted by Gasteiger charge is -2.06. The highest BCUT2D eigenvalue weighted by molar-refractivity contribution is 5.73. The monoisotopic (exact) mass is 221 g/mol. The quantitative estimate of drug-likeness (QED) is 0.734. The third-order valence-electron chi connectivity index (χ3n) is 2.13. The van der Waals surface area contributed by atoms with Crippen molar-refractivity contribution in [2.45, 2.75) is 20.3 Å². The maximum Gasteiger partial charge on any atom is 0.310 e. The van der Waals surface area contributed by atoms with Crippen LogP contribution in [0.5, 0.6) is 0 Å². The fraction of sp³-hybridized carbons (Fsp3) is 0.333. The van der Waals surface area contributed by atoms with Crippen LogP contribution in [-0.2, 0) is 16.0 Å². The molecule has 0 saturated heterocycles. The van der Waals surface area contributed by atoms with Crippen molar-refractivity contribution in [2.24, 2.45) is 0 Å². The van der Waals surface area contributed by atoms with Crippen LogP contribution in [0.3, 0.4) is 0 Å². The molecule has 0 spiro atoms. The first-order valence-corrected chi connectivity index (χ1v) is 4.93. The average Bonchev–Trinajstić information content (AvgIpc) is 2.17. The molecule has 0 radical (unpaired) electrons. The molecule has 0 unspecified atom stereocenters. The van der Waals surface area contributed by atoms with Gasteiger partial charge in [-0.15, -0.1) is 0 Å². The van der Waals surface area contributed by atoms with Gasteiger partial charge in [0, 0.05) is 0 Å². The van der Waals surface area contributed by atoms with Crippen molar-refractivity contribution in [2.75, 3.05) is 6.61 Å². The third-order valence-corrected chi connectivity index (χ3v) is 2.13. The van der Waals surface area contributed by atoms with E-state index in [-0.39, 0.29) is 13.0 Å². The molecule has 4 heteroatoms. The van der Waals surface area contributed by atoms with Gasteiger partial charge in [0.05, 0.1) is 24.7 Å². The van der Waals surface area contributed by atoms with Crippen LogP contribution in [0.1, 0.15) is 23.6 Å². The van der Waals surface area contributed by atoms with Gasteiger partial charge in [0.15, 0.2) is 0 Å². The summed E-state index contributed by atoms with van der Waals surface area (Å²) in [6.07, 6.45) is -0.0741. The van der Waals surface area contributed by atoms with E-state index in [0.717, 1.165) is 0 Å². The molecular weight excluding hydrogens is 209 g/mol. The second kappa shape index (κ2) is 5.26. The number of ether oxygens (including phenoxy) is 1. The van der Waals surface area contributed by atoms with Gasteiger partial charge in [0.25, 0.3) is 0 Å².